The Hall–Kier alpha value is -1.82. The van der Waals surface area contributed by atoms with Crippen molar-refractivity contribution in [2.24, 2.45) is 0 Å². The van der Waals surface area contributed by atoms with Crippen molar-refractivity contribution in [2.45, 2.75) is 6.42 Å². The van der Waals surface area contributed by atoms with Gasteiger partial charge in [0.25, 0.3) is 5.69 Å². The second-order valence-electron chi connectivity index (χ2n) is 2.95. The standard InChI is InChI=1S/C9H9ClN2O4/c10-4-3-9(14)11-7-2-1-6(12(15)16)5-8(7)13/h1-2,5,13H,3-4H2,(H,11,14). The van der Waals surface area contributed by atoms with Gasteiger partial charge in [-0.2, -0.15) is 0 Å². The zero-order valence-electron chi connectivity index (χ0n) is 8.14. The number of hydrogen-bond donors (Lipinski definition) is 2. The monoisotopic (exact) mass is 244 g/mol. The zero-order chi connectivity index (χ0) is 12.1. The highest BCUT2D eigenvalue weighted by molar-refractivity contribution is 6.19. The summed E-state index contributed by atoms with van der Waals surface area (Å²) < 4.78 is 0. The topological polar surface area (TPSA) is 92.5 Å². The Morgan fingerprint density at radius 1 is 1.56 bits per heavy atom. The van der Waals surface area contributed by atoms with Crippen LogP contribution in [0.1, 0.15) is 6.42 Å². The van der Waals surface area contributed by atoms with Crippen LogP contribution in [0.5, 0.6) is 5.75 Å². The van der Waals surface area contributed by atoms with E-state index in [-0.39, 0.29) is 35.3 Å². The van der Waals surface area contributed by atoms with Gasteiger partial charge in [0, 0.05) is 18.4 Å². The fourth-order valence-electron chi connectivity index (χ4n) is 1.04. The number of alkyl halides is 1. The minimum absolute atomic E-state index is 0.109. The molecule has 0 aliphatic heterocycles. The second kappa shape index (κ2) is 5.32. The van der Waals surface area contributed by atoms with Crippen LogP contribution in [-0.2, 0) is 4.79 Å². The molecule has 0 bridgehead atoms. The zero-order valence-corrected chi connectivity index (χ0v) is 8.90. The molecule has 0 aromatic heterocycles. The lowest BCUT2D eigenvalue weighted by Gasteiger charge is -2.05. The van der Waals surface area contributed by atoms with Crippen molar-refractivity contribution >= 4 is 28.9 Å². The van der Waals surface area contributed by atoms with Crippen LogP contribution in [0.3, 0.4) is 0 Å². The minimum Gasteiger partial charge on any atom is -0.506 e. The van der Waals surface area contributed by atoms with E-state index in [1.54, 1.807) is 0 Å². The third-order valence-corrected chi connectivity index (χ3v) is 1.98. The van der Waals surface area contributed by atoms with Gasteiger partial charge < -0.3 is 10.4 Å². The van der Waals surface area contributed by atoms with Crippen LogP contribution in [0, 0.1) is 10.1 Å². The van der Waals surface area contributed by atoms with Gasteiger partial charge in [0.2, 0.25) is 5.91 Å². The van der Waals surface area contributed by atoms with Crippen LogP contribution in [0.2, 0.25) is 0 Å². The third-order valence-electron chi connectivity index (χ3n) is 1.79. The lowest BCUT2D eigenvalue weighted by molar-refractivity contribution is -0.384. The lowest BCUT2D eigenvalue weighted by atomic mass is 10.2. The number of carbonyl (C=O) groups excluding carboxylic acids is 1. The number of rotatable bonds is 4. The van der Waals surface area contributed by atoms with E-state index in [0.29, 0.717) is 0 Å². The Morgan fingerprint density at radius 3 is 2.75 bits per heavy atom. The molecule has 2 N–H and O–H groups in total. The number of nitro benzene ring substituents is 1. The van der Waals surface area contributed by atoms with Gasteiger partial charge in [-0.05, 0) is 6.07 Å². The molecule has 0 unspecified atom stereocenters. The number of carbonyl (C=O) groups is 1. The predicted molar refractivity (Wildman–Crippen MR) is 58.7 cm³/mol. The summed E-state index contributed by atoms with van der Waals surface area (Å²) >= 11 is 5.36. The summed E-state index contributed by atoms with van der Waals surface area (Å²) in [7, 11) is 0. The van der Waals surface area contributed by atoms with Gasteiger partial charge in [-0.15, -0.1) is 11.6 Å². The van der Waals surface area contributed by atoms with Crippen LogP contribution in [-0.4, -0.2) is 21.8 Å². The Labute approximate surface area is 96.0 Å². The SMILES string of the molecule is O=C(CCCl)Nc1ccc([N+](=O)[O-])cc1O. The van der Waals surface area contributed by atoms with E-state index in [4.69, 9.17) is 11.6 Å². The molecule has 0 heterocycles. The van der Waals surface area contributed by atoms with Crippen molar-refractivity contribution < 1.29 is 14.8 Å². The molecule has 0 atom stereocenters. The number of phenolic OH excluding ortho intramolecular Hbond substituents is 1. The molecular weight excluding hydrogens is 236 g/mol. The average Bonchev–Trinajstić information content (AvgIpc) is 2.21. The van der Waals surface area contributed by atoms with Crippen LogP contribution in [0.25, 0.3) is 0 Å². The Kier molecular flexibility index (Phi) is 4.07. The molecule has 0 aliphatic carbocycles. The van der Waals surface area contributed by atoms with E-state index in [2.05, 4.69) is 5.32 Å². The van der Waals surface area contributed by atoms with Gasteiger partial charge in [-0.3, -0.25) is 14.9 Å². The first-order valence-electron chi connectivity index (χ1n) is 4.38. The summed E-state index contributed by atoms with van der Waals surface area (Å²) in [6.07, 6.45) is 0.109. The number of nitrogens with one attached hydrogen (secondary N) is 1. The molecule has 7 heteroatoms. The first-order valence-corrected chi connectivity index (χ1v) is 4.91. The largest absolute Gasteiger partial charge is 0.506 e. The molecule has 0 saturated heterocycles. The number of nitro groups is 1. The molecular formula is C9H9ClN2O4. The van der Waals surface area contributed by atoms with E-state index in [1.807, 2.05) is 0 Å². The highest BCUT2D eigenvalue weighted by Crippen LogP contribution is 2.27. The number of amides is 1. The quantitative estimate of drug-likeness (QED) is 0.366. The predicted octanol–water partition coefficient (Wildman–Crippen LogP) is 1.87. The smallest absolute Gasteiger partial charge is 0.273 e. The molecule has 1 amide bonds. The maximum Gasteiger partial charge on any atom is 0.273 e. The maximum atomic E-state index is 11.1. The number of benzene rings is 1. The Bertz CT molecular complexity index is 422. The molecule has 0 aliphatic rings. The summed E-state index contributed by atoms with van der Waals surface area (Å²) in [5.74, 6) is -0.546. The molecule has 16 heavy (non-hydrogen) atoms. The van der Waals surface area contributed by atoms with Gasteiger partial charge in [-0.1, -0.05) is 0 Å². The fraction of sp³-hybridized carbons (Fsp3) is 0.222. The Morgan fingerprint density at radius 2 is 2.25 bits per heavy atom. The second-order valence-corrected chi connectivity index (χ2v) is 3.32. The summed E-state index contributed by atoms with van der Waals surface area (Å²) in [5, 5.41) is 22.2. The first kappa shape index (κ1) is 12.3. The first-order chi connectivity index (χ1) is 7.54. The summed E-state index contributed by atoms with van der Waals surface area (Å²) in [6, 6.07) is 3.42. The van der Waals surface area contributed by atoms with Crippen molar-refractivity contribution in [1.29, 1.82) is 0 Å². The van der Waals surface area contributed by atoms with Gasteiger partial charge >= 0.3 is 0 Å². The molecule has 6 nitrogen and oxygen atoms in total. The molecule has 1 aromatic carbocycles. The molecule has 0 spiro atoms. The van der Waals surface area contributed by atoms with Gasteiger partial charge in [0.05, 0.1) is 16.7 Å². The summed E-state index contributed by atoms with van der Waals surface area (Å²) in [5.41, 5.74) is -0.117. The number of nitrogens with zero attached hydrogens (tertiary/aromatic N) is 1. The van der Waals surface area contributed by atoms with Gasteiger partial charge in [0.15, 0.2) is 0 Å². The number of aromatic hydroxyl groups is 1. The Balaban J connectivity index is 2.83. The van der Waals surface area contributed by atoms with Crippen LogP contribution < -0.4 is 5.32 Å². The number of non-ortho nitro benzene ring substituents is 1. The summed E-state index contributed by atoms with van der Waals surface area (Å²) in [4.78, 5) is 20.9. The molecule has 0 saturated carbocycles. The minimum atomic E-state index is -0.635. The fourth-order valence-corrected chi connectivity index (χ4v) is 1.21. The van der Waals surface area contributed by atoms with E-state index in [9.17, 15) is 20.0 Å². The normalized spacial score (nSPS) is 9.81. The van der Waals surface area contributed by atoms with Crippen molar-refractivity contribution in [3.8, 4) is 5.75 Å². The van der Waals surface area contributed by atoms with Crippen LogP contribution in [0.4, 0.5) is 11.4 Å². The summed E-state index contributed by atoms with van der Waals surface area (Å²) in [6.45, 7) is 0. The number of anilines is 1. The van der Waals surface area contributed by atoms with Crippen molar-refractivity contribution in [3.05, 3.63) is 28.3 Å². The average molecular weight is 245 g/mol. The molecule has 1 rings (SSSR count). The van der Waals surface area contributed by atoms with Crippen LogP contribution >= 0.6 is 11.6 Å². The molecule has 1 aromatic rings. The maximum absolute atomic E-state index is 11.1. The highest BCUT2D eigenvalue weighted by Gasteiger charge is 2.11. The van der Waals surface area contributed by atoms with E-state index >= 15 is 0 Å². The van der Waals surface area contributed by atoms with E-state index in [0.717, 1.165) is 6.07 Å². The van der Waals surface area contributed by atoms with Crippen molar-refractivity contribution in [3.63, 3.8) is 0 Å². The van der Waals surface area contributed by atoms with E-state index < -0.39 is 4.92 Å². The van der Waals surface area contributed by atoms with Crippen molar-refractivity contribution in [1.82, 2.24) is 0 Å². The number of halogens is 1. The molecule has 0 fully saturated rings. The highest BCUT2D eigenvalue weighted by atomic mass is 35.5. The van der Waals surface area contributed by atoms with E-state index in [1.165, 1.54) is 12.1 Å². The van der Waals surface area contributed by atoms with Gasteiger partial charge in [0.1, 0.15) is 5.75 Å². The number of phenols is 1. The lowest BCUT2D eigenvalue weighted by Crippen LogP contribution is -2.11. The van der Waals surface area contributed by atoms with Gasteiger partial charge in [-0.25, -0.2) is 0 Å². The third kappa shape index (κ3) is 3.09. The molecule has 0 radical (unpaired) electrons. The molecule has 86 valence electrons. The number of hydrogen-bond acceptors (Lipinski definition) is 4. The van der Waals surface area contributed by atoms with Crippen molar-refractivity contribution in [2.75, 3.05) is 11.2 Å². The van der Waals surface area contributed by atoms with Crippen LogP contribution in [0.15, 0.2) is 18.2 Å².